The molecule has 0 aliphatic carbocycles. The summed E-state index contributed by atoms with van der Waals surface area (Å²) in [6.45, 7) is 3.46. The van der Waals surface area contributed by atoms with Gasteiger partial charge in [-0.25, -0.2) is 4.98 Å². The first-order valence-electron chi connectivity index (χ1n) is 9.13. The van der Waals surface area contributed by atoms with E-state index in [2.05, 4.69) is 26.2 Å². The van der Waals surface area contributed by atoms with Crippen molar-refractivity contribution < 1.29 is 13.9 Å². The van der Waals surface area contributed by atoms with E-state index < -0.39 is 5.60 Å². The molecule has 1 aromatic heterocycles. The van der Waals surface area contributed by atoms with E-state index in [9.17, 15) is 4.79 Å². The lowest BCUT2D eigenvalue weighted by Crippen LogP contribution is -2.42. The van der Waals surface area contributed by atoms with Gasteiger partial charge in [-0.1, -0.05) is 34.1 Å². The fraction of sp³-hybridized carbons (Fsp3) is 0.130. The van der Waals surface area contributed by atoms with E-state index in [4.69, 9.17) is 9.15 Å². The molecule has 146 valence electrons. The number of rotatable bonds is 5. The van der Waals surface area contributed by atoms with Gasteiger partial charge in [-0.3, -0.25) is 4.79 Å². The molecule has 0 aliphatic rings. The first-order chi connectivity index (χ1) is 13.9. The largest absolute Gasteiger partial charge is 0.478 e. The number of nitrogens with one attached hydrogen (secondary N) is 1. The molecule has 0 fully saturated rings. The van der Waals surface area contributed by atoms with E-state index in [1.165, 1.54) is 0 Å². The van der Waals surface area contributed by atoms with Gasteiger partial charge in [0.15, 0.2) is 11.2 Å². The van der Waals surface area contributed by atoms with Gasteiger partial charge in [-0.05, 0) is 68.4 Å². The van der Waals surface area contributed by atoms with Crippen molar-refractivity contribution in [2.45, 2.75) is 19.4 Å². The Labute approximate surface area is 176 Å². The van der Waals surface area contributed by atoms with E-state index in [0.717, 1.165) is 10.0 Å². The average molecular weight is 451 g/mol. The molecule has 1 amide bonds. The Bertz CT molecular complexity index is 1150. The summed E-state index contributed by atoms with van der Waals surface area (Å²) >= 11 is 3.39. The Morgan fingerprint density at radius 1 is 1.03 bits per heavy atom. The number of fused-ring (bicyclic) bond motifs is 1. The van der Waals surface area contributed by atoms with Gasteiger partial charge in [0.05, 0.1) is 0 Å². The van der Waals surface area contributed by atoms with Crippen molar-refractivity contribution >= 4 is 38.6 Å². The fourth-order valence-corrected chi connectivity index (χ4v) is 3.10. The Kier molecular flexibility index (Phi) is 5.11. The van der Waals surface area contributed by atoms with Crippen LogP contribution in [0.1, 0.15) is 13.8 Å². The molecule has 0 unspecified atom stereocenters. The van der Waals surface area contributed by atoms with Gasteiger partial charge in [-0.15, -0.1) is 0 Å². The second-order valence-electron chi connectivity index (χ2n) is 7.09. The number of anilines is 1. The monoisotopic (exact) mass is 450 g/mol. The maximum absolute atomic E-state index is 12.8. The molecule has 1 heterocycles. The molecule has 0 bridgehead atoms. The zero-order chi connectivity index (χ0) is 20.4. The summed E-state index contributed by atoms with van der Waals surface area (Å²) in [4.78, 5) is 17.3. The highest BCUT2D eigenvalue weighted by atomic mass is 79.9. The number of hydrogen-bond donors (Lipinski definition) is 1. The number of halogens is 1. The molecule has 1 N–H and O–H groups in total. The van der Waals surface area contributed by atoms with Crippen LogP contribution in [0.4, 0.5) is 5.69 Å². The molecule has 3 aromatic carbocycles. The topological polar surface area (TPSA) is 64.4 Å². The lowest BCUT2D eigenvalue weighted by molar-refractivity contribution is -0.128. The van der Waals surface area contributed by atoms with E-state index >= 15 is 0 Å². The highest BCUT2D eigenvalue weighted by Gasteiger charge is 2.30. The lowest BCUT2D eigenvalue weighted by Gasteiger charge is -2.25. The number of ether oxygens (including phenoxy) is 1. The normalized spacial score (nSPS) is 11.4. The Morgan fingerprint density at radius 2 is 1.76 bits per heavy atom. The van der Waals surface area contributed by atoms with Crippen molar-refractivity contribution in [3.05, 3.63) is 77.3 Å². The molecule has 0 saturated heterocycles. The van der Waals surface area contributed by atoms with Crippen LogP contribution in [0.5, 0.6) is 5.75 Å². The highest BCUT2D eigenvalue weighted by molar-refractivity contribution is 9.10. The van der Waals surface area contributed by atoms with Gasteiger partial charge in [0.25, 0.3) is 5.91 Å². The molecule has 4 rings (SSSR count). The third-order valence-electron chi connectivity index (χ3n) is 4.40. The zero-order valence-electron chi connectivity index (χ0n) is 16.0. The van der Waals surface area contributed by atoms with Crippen LogP contribution in [0.15, 0.2) is 81.7 Å². The number of amides is 1. The van der Waals surface area contributed by atoms with Gasteiger partial charge in [0, 0.05) is 15.7 Å². The maximum atomic E-state index is 12.8. The first kappa shape index (κ1) is 19.2. The van der Waals surface area contributed by atoms with E-state index in [1.807, 2.05) is 54.6 Å². The van der Waals surface area contributed by atoms with Crippen LogP contribution in [0.25, 0.3) is 22.6 Å². The SMILES string of the molecule is CC(C)(Oc1ccc(Br)cc1)C(=O)Nc1ccc2oc(-c3ccccc3)nc2c1. The number of carbonyl (C=O) groups excluding carboxylic acids is 1. The number of aromatic nitrogens is 1. The molecular formula is C23H19BrN2O3. The number of carbonyl (C=O) groups is 1. The molecule has 0 radical (unpaired) electrons. The van der Waals surface area contributed by atoms with Crippen LogP contribution < -0.4 is 10.1 Å². The Morgan fingerprint density at radius 3 is 2.48 bits per heavy atom. The van der Waals surface area contributed by atoms with Gasteiger partial charge >= 0.3 is 0 Å². The summed E-state index contributed by atoms with van der Waals surface area (Å²) in [7, 11) is 0. The average Bonchev–Trinajstić information content (AvgIpc) is 3.14. The number of oxazole rings is 1. The molecule has 0 aliphatic heterocycles. The summed E-state index contributed by atoms with van der Waals surface area (Å²) in [5.74, 6) is 0.905. The second-order valence-corrected chi connectivity index (χ2v) is 8.00. The summed E-state index contributed by atoms with van der Waals surface area (Å²) in [6, 6.07) is 22.4. The van der Waals surface area contributed by atoms with Gasteiger partial charge in [0.2, 0.25) is 5.89 Å². The van der Waals surface area contributed by atoms with Crippen molar-refractivity contribution in [2.24, 2.45) is 0 Å². The van der Waals surface area contributed by atoms with Gasteiger partial charge < -0.3 is 14.5 Å². The molecular weight excluding hydrogens is 432 g/mol. The van der Waals surface area contributed by atoms with Crippen molar-refractivity contribution in [1.82, 2.24) is 4.98 Å². The highest BCUT2D eigenvalue weighted by Crippen LogP contribution is 2.27. The van der Waals surface area contributed by atoms with Crippen LogP contribution in [-0.4, -0.2) is 16.5 Å². The quantitative estimate of drug-likeness (QED) is 0.401. The van der Waals surface area contributed by atoms with Crippen LogP contribution in [0.2, 0.25) is 0 Å². The number of nitrogens with zero attached hydrogens (tertiary/aromatic N) is 1. The van der Waals surface area contributed by atoms with Gasteiger partial charge in [-0.2, -0.15) is 0 Å². The lowest BCUT2D eigenvalue weighted by atomic mass is 10.1. The molecule has 0 atom stereocenters. The predicted octanol–water partition coefficient (Wildman–Crippen LogP) is 6.05. The third kappa shape index (κ3) is 4.32. The van der Waals surface area contributed by atoms with Crippen molar-refractivity contribution in [3.8, 4) is 17.2 Å². The summed E-state index contributed by atoms with van der Waals surface area (Å²) in [5, 5.41) is 2.90. The smallest absolute Gasteiger partial charge is 0.267 e. The summed E-state index contributed by atoms with van der Waals surface area (Å²) in [6.07, 6.45) is 0. The summed E-state index contributed by atoms with van der Waals surface area (Å²) < 4.78 is 12.6. The first-order valence-corrected chi connectivity index (χ1v) is 9.92. The van der Waals surface area contributed by atoms with Crippen molar-refractivity contribution in [1.29, 1.82) is 0 Å². The van der Waals surface area contributed by atoms with E-state index in [-0.39, 0.29) is 5.91 Å². The number of hydrogen-bond acceptors (Lipinski definition) is 4. The molecule has 0 saturated carbocycles. The minimum atomic E-state index is -1.05. The van der Waals surface area contributed by atoms with Crippen molar-refractivity contribution in [3.63, 3.8) is 0 Å². The van der Waals surface area contributed by atoms with Crippen LogP contribution >= 0.6 is 15.9 Å². The zero-order valence-corrected chi connectivity index (χ0v) is 17.6. The van der Waals surface area contributed by atoms with Crippen LogP contribution in [0.3, 0.4) is 0 Å². The predicted molar refractivity (Wildman–Crippen MR) is 117 cm³/mol. The minimum Gasteiger partial charge on any atom is -0.478 e. The molecule has 29 heavy (non-hydrogen) atoms. The second kappa shape index (κ2) is 7.72. The fourth-order valence-electron chi connectivity index (χ4n) is 2.83. The standard InChI is InChI=1S/C23H19BrN2O3/c1-23(2,29-18-11-8-16(24)9-12-18)22(27)25-17-10-13-20-19(14-17)26-21(28-20)15-6-4-3-5-7-15/h3-14H,1-2H3,(H,25,27). The molecule has 0 spiro atoms. The molecule has 5 nitrogen and oxygen atoms in total. The molecule has 6 heteroatoms. The maximum Gasteiger partial charge on any atom is 0.267 e. The Hall–Kier alpha value is -3.12. The van der Waals surface area contributed by atoms with E-state index in [0.29, 0.717) is 28.4 Å². The van der Waals surface area contributed by atoms with E-state index in [1.54, 1.807) is 32.0 Å². The van der Waals surface area contributed by atoms with Gasteiger partial charge in [0.1, 0.15) is 11.3 Å². The van der Waals surface area contributed by atoms with Crippen LogP contribution in [0, 0.1) is 0 Å². The van der Waals surface area contributed by atoms with Crippen molar-refractivity contribution in [2.75, 3.05) is 5.32 Å². The Balaban J connectivity index is 1.52. The number of benzene rings is 3. The van der Waals surface area contributed by atoms with Crippen LogP contribution in [-0.2, 0) is 4.79 Å². The summed E-state index contributed by atoms with van der Waals surface area (Å²) in [5.41, 5.74) is 1.81. The minimum absolute atomic E-state index is 0.258. The third-order valence-corrected chi connectivity index (χ3v) is 4.93. The molecule has 4 aromatic rings.